The minimum Gasteiger partial charge on any atom is -0.275 e. The number of nitrogens with zero attached hydrogens (tertiary/aromatic N) is 6. The van der Waals surface area contributed by atoms with Gasteiger partial charge in [0.1, 0.15) is 16.1 Å². The second-order valence-corrected chi connectivity index (χ2v) is 20.0. The Morgan fingerprint density at radius 2 is 1.11 bits per heavy atom. The lowest BCUT2D eigenvalue weighted by Gasteiger charge is -2.02. The maximum absolute atomic E-state index is 5.12. The molecule has 3 rings (SSSR count). The molecule has 0 saturated carbocycles. The SMILES string of the molecule is C.C.C#C[Si](C)(C)C.C#Cc1cnn(C)c1.Cn1cc(C#C[Si](C)(C)C)cn1.Cn1cc(I)cn1.F. The molecule has 0 radical (unpaired) electrons. The number of hydrogen-bond donors (Lipinski definition) is 0. The Morgan fingerprint density at radius 1 is 0.722 bits per heavy atom. The lowest BCUT2D eigenvalue weighted by Crippen LogP contribution is -2.16. The minimum atomic E-state index is -1.23. The molecule has 0 saturated heterocycles. The van der Waals surface area contributed by atoms with E-state index >= 15 is 0 Å². The van der Waals surface area contributed by atoms with Gasteiger partial charge in [0, 0.05) is 39.7 Å². The lowest BCUT2D eigenvalue weighted by atomic mass is 10.4. The van der Waals surface area contributed by atoms with Gasteiger partial charge in [0.2, 0.25) is 0 Å². The fourth-order valence-corrected chi connectivity index (χ4v) is 2.68. The van der Waals surface area contributed by atoms with Crippen molar-refractivity contribution in [3.63, 3.8) is 0 Å². The van der Waals surface area contributed by atoms with Gasteiger partial charge in [-0.15, -0.1) is 23.9 Å². The Kier molecular flexibility index (Phi) is 22.1. The number of aryl methyl sites for hydroxylation is 3. The predicted molar refractivity (Wildman–Crippen MR) is 169 cm³/mol. The second-order valence-electron chi connectivity index (χ2n) is 9.18. The van der Waals surface area contributed by atoms with Crippen LogP contribution in [0.1, 0.15) is 26.0 Å². The van der Waals surface area contributed by atoms with Crippen molar-refractivity contribution >= 4 is 38.7 Å². The maximum Gasteiger partial charge on any atom is 0.129 e. The number of aromatic nitrogens is 6. The normalized spacial score (nSPS) is 9.00. The van der Waals surface area contributed by atoms with E-state index in [0.717, 1.165) is 11.1 Å². The largest absolute Gasteiger partial charge is 0.275 e. The van der Waals surface area contributed by atoms with Crippen LogP contribution < -0.4 is 0 Å². The molecular weight excluding hydrogens is 598 g/mol. The summed E-state index contributed by atoms with van der Waals surface area (Å²) < 4.78 is 6.41. The van der Waals surface area contributed by atoms with Gasteiger partial charge in [-0.1, -0.05) is 66.0 Å². The van der Waals surface area contributed by atoms with E-state index in [1.165, 1.54) is 3.57 Å². The van der Waals surface area contributed by atoms with Crippen LogP contribution in [0.15, 0.2) is 37.2 Å². The van der Waals surface area contributed by atoms with Crippen molar-refractivity contribution in [2.45, 2.75) is 54.1 Å². The summed E-state index contributed by atoms with van der Waals surface area (Å²) in [6.07, 6.45) is 21.1. The quantitative estimate of drug-likeness (QED) is 0.172. The van der Waals surface area contributed by atoms with Gasteiger partial charge in [0.05, 0.1) is 33.3 Å². The summed E-state index contributed by atoms with van der Waals surface area (Å²) in [6, 6.07) is 0. The van der Waals surface area contributed by atoms with Gasteiger partial charge >= 0.3 is 0 Å². The molecule has 3 aromatic rings. The first-order chi connectivity index (χ1) is 15.1. The molecule has 0 N–H and O–H groups in total. The molecule has 0 aromatic carbocycles. The van der Waals surface area contributed by atoms with Crippen LogP contribution in [-0.2, 0) is 21.1 Å². The van der Waals surface area contributed by atoms with Gasteiger partial charge in [0.25, 0.3) is 0 Å². The standard InChI is InChI=1S/C9H14N2Si.C6H6N2.C5H10Si.C4H5IN2.2CH4.FH/c1-11-8-9(7-10-11)5-6-12(2,3)4;1-3-6-4-7-8(2)5-6;1-5-6(2,3)4;1-7-3-4(5)2-6-7;;;/h7-8H,1-4H3;1,4-5H,2H3;1H,2-4H3;2-3H,1H3;2*1H4;1H. The minimum absolute atomic E-state index is 0. The highest BCUT2D eigenvalue weighted by atomic mass is 127. The highest BCUT2D eigenvalue weighted by Gasteiger charge is 2.07. The third-order valence-electron chi connectivity index (χ3n) is 3.26. The Labute approximate surface area is 234 Å². The summed E-state index contributed by atoms with van der Waals surface area (Å²) in [5, 5.41) is 11.8. The predicted octanol–water partition coefficient (Wildman–Crippen LogP) is 6.00. The average molecular weight is 643 g/mol. The van der Waals surface area contributed by atoms with Crippen molar-refractivity contribution < 1.29 is 4.70 Å². The smallest absolute Gasteiger partial charge is 0.129 e. The summed E-state index contributed by atoms with van der Waals surface area (Å²) in [5.74, 6) is 5.60. The highest BCUT2D eigenvalue weighted by Crippen LogP contribution is 1.99. The molecule has 0 aliphatic rings. The van der Waals surface area contributed by atoms with E-state index in [1.54, 1.807) is 32.6 Å². The van der Waals surface area contributed by atoms with E-state index in [0.29, 0.717) is 0 Å². The number of terminal acetylenes is 2. The molecule has 0 aliphatic heterocycles. The number of hydrogen-bond acceptors (Lipinski definition) is 3. The second kappa shape index (κ2) is 19.6. The van der Waals surface area contributed by atoms with Crippen LogP contribution in [0, 0.1) is 39.3 Å². The Balaban J connectivity index is -0.000000191. The summed E-state index contributed by atoms with van der Waals surface area (Å²) in [4.78, 5) is 0. The van der Waals surface area contributed by atoms with Crippen LogP contribution in [0.2, 0.25) is 39.3 Å². The van der Waals surface area contributed by atoms with Crippen molar-refractivity contribution in [3.8, 4) is 35.8 Å². The molecule has 0 spiro atoms. The molecular formula is C26H44FIN6Si2. The molecule has 200 valence electrons. The third kappa shape index (κ3) is 23.2. The van der Waals surface area contributed by atoms with Crippen molar-refractivity contribution in [2.24, 2.45) is 21.1 Å². The zero-order valence-corrected chi connectivity index (χ0v) is 25.7. The Bertz CT molecular complexity index is 1110. The molecule has 0 aliphatic carbocycles. The van der Waals surface area contributed by atoms with Crippen LogP contribution >= 0.6 is 22.6 Å². The maximum atomic E-state index is 5.12. The molecule has 3 aromatic heterocycles. The Hall–Kier alpha value is -2.60. The van der Waals surface area contributed by atoms with Crippen molar-refractivity contribution in [2.75, 3.05) is 0 Å². The van der Waals surface area contributed by atoms with E-state index in [4.69, 9.17) is 12.8 Å². The molecule has 3 heterocycles. The van der Waals surface area contributed by atoms with Gasteiger partial charge in [0.15, 0.2) is 0 Å². The van der Waals surface area contributed by atoms with Gasteiger partial charge < -0.3 is 0 Å². The molecule has 36 heavy (non-hydrogen) atoms. The summed E-state index contributed by atoms with van der Waals surface area (Å²) >= 11 is 2.22. The number of rotatable bonds is 0. The Morgan fingerprint density at radius 3 is 1.31 bits per heavy atom. The van der Waals surface area contributed by atoms with E-state index in [-0.39, 0.29) is 19.6 Å². The fourth-order valence-electron chi connectivity index (χ4n) is 1.63. The first-order valence-electron chi connectivity index (χ1n) is 10.2. The molecule has 10 heteroatoms. The van der Waals surface area contributed by atoms with E-state index in [2.05, 4.69) is 100 Å². The monoisotopic (exact) mass is 642 g/mol. The van der Waals surface area contributed by atoms with E-state index < -0.39 is 16.1 Å². The lowest BCUT2D eigenvalue weighted by molar-refractivity contribution is 0.767. The van der Waals surface area contributed by atoms with Crippen molar-refractivity contribution in [3.05, 3.63) is 51.9 Å². The van der Waals surface area contributed by atoms with E-state index in [9.17, 15) is 0 Å². The summed E-state index contributed by atoms with van der Waals surface area (Å²) in [6.45, 7) is 13.1. The van der Waals surface area contributed by atoms with Gasteiger partial charge in [-0.3, -0.25) is 18.7 Å². The van der Waals surface area contributed by atoms with Crippen LogP contribution in [-0.4, -0.2) is 45.5 Å². The van der Waals surface area contributed by atoms with Crippen molar-refractivity contribution in [1.29, 1.82) is 0 Å². The first-order valence-corrected chi connectivity index (χ1v) is 18.3. The number of halogens is 2. The van der Waals surface area contributed by atoms with Crippen LogP contribution in [0.4, 0.5) is 4.70 Å². The molecule has 0 fully saturated rings. The van der Waals surface area contributed by atoms with Gasteiger partial charge in [-0.25, -0.2) is 0 Å². The molecule has 0 amide bonds. The molecule has 0 unspecified atom stereocenters. The van der Waals surface area contributed by atoms with E-state index in [1.807, 2.05) is 39.7 Å². The van der Waals surface area contributed by atoms with Gasteiger partial charge in [-0.05, 0) is 22.6 Å². The van der Waals surface area contributed by atoms with Crippen molar-refractivity contribution in [1.82, 2.24) is 29.3 Å². The summed E-state index contributed by atoms with van der Waals surface area (Å²) in [7, 11) is 3.31. The van der Waals surface area contributed by atoms with Crippen LogP contribution in [0.3, 0.4) is 0 Å². The summed E-state index contributed by atoms with van der Waals surface area (Å²) in [5.41, 5.74) is 7.87. The van der Waals surface area contributed by atoms with Crippen LogP contribution in [0.25, 0.3) is 0 Å². The molecule has 0 bridgehead atoms. The molecule has 0 atom stereocenters. The molecule has 6 nitrogen and oxygen atoms in total. The van der Waals surface area contributed by atoms with Gasteiger partial charge in [-0.2, -0.15) is 15.3 Å². The zero-order valence-electron chi connectivity index (χ0n) is 21.6. The zero-order chi connectivity index (χ0) is 25.7. The first kappa shape index (κ1) is 40.6. The average Bonchev–Trinajstić information content (AvgIpc) is 3.42. The highest BCUT2D eigenvalue weighted by molar-refractivity contribution is 14.1. The third-order valence-corrected chi connectivity index (χ3v) is 5.56. The topological polar surface area (TPSA) is 53.5 Å². The van der Waals surface area contributed by atoms with Crippen LogP contribution in [0.5, 0.6) is 0 Å². The fraction of sp³-hybridized carbons (Fsp3) is 0.423.